The molecule has 0 bridgehead atoms. The summed E-state index contributed by atoms with van der Waals surface area (Å²) in [6.07, 6.45) is 5.65. The van der Waals surface area contributed by atoms with Crippen LogP contribution >= 0.6 is 0 Å². The van der Waals surface area contributed by atoms with E-state index in [0.29, 0.717) is 5.92 Å². The van der Waals surface area contributed by atoms with Gasteiger partial charge < -0.3 is 10.4 Å². The standard InChI is InChI=1S/C12H21N3O/c1-9(2)12(16)4-5-14-10(3)11-8-13-6-7-15-11/h6-10,12,14,16H,4-5H2,1-3H3. The molecule has 0 fully saturated rings. The van der Waals surface area contributed by atoms with E-state index in [0.717, 1.165) is 18.7 Å². The highest BCUT2D eigenvalue weighted by molar-refractivity contribution is 5.00. The molecule has 4 heteroatoms. The zero-order valence-corrected chi connectivity index (χ0v) is 10.2. The molecule has 16 heavy (non-hydrogen) atoms. The quantitative estimate of drug-likeness (QED) is 0.768. The van der Waals surface area contributed by atoms with Crippen LogP contribution in [0.1, 0.15) is 38.9 Å². The Bertz CT molecular complexity index is 290. The van der Waals surface area contributed by atoms with Gasteiger partial charge in [0.15, 0.2) is 0 Å². The number of aliphatic hydroxyl groups excluding tert-OH is 1. The van der Waals surface area contributed by atoms with Crippen molar-refractivity contribution in [2.24, 2.45) is 5.92 Å². The summed E-state index contributed by atoms with van der Waals surface area (Å²) in [5.74, 6) is 0.314. The zero-order valence-electron chi connectivity index (χ0n) is 10.2. The molecule has 0 amide bonds. The van der Waals surface area contributed by atoms with Crippen molar-refractivity contribution < 1.29 is 5.11 Å². The maximum absolute atomic E-state index is 9.64. The molecule has 0 saturated heterocycles. The molecule has 0 spiro atoms. The molecule has 1 rings (SSSR count). The lowest BCUT2D eigenvalue weighted by atomic mass is 10.0. The highest BCUT2D eigenvalue weighted by Gasteiger charge is 2.10. The summed E-state index contributed by atoms with van der Waals surface area (Å²) in [6, 6.07) is 0.174. The fraction of sp³-hybridized carbons (Fsp3) is 0.667. The van der Waals surface area contributed by atoms with Crippen molar-refractivity contribution in [3.05, 3.63) is 24.3 Å². The van der Waals surface area contributed by atoms with Crippen molar-refractivity contribution in [3.63, 3.8) is 0 Å². The smallest absolute Gasteiger partial charge is 0.0753 e. The van der Waals surface area contributed by atoms with Crippen LogP contribution in [0, 0.1) is 5.92 Å². The summed E-state index contributed by atoms with van der Waals surface area (Å²) in [5.41, 5.74) is 0.932. The summed E-state index contributed by atoms with van der Waals surface area (Å²) >= 11 is 0. The van der Waals surface area contributed by atoms with Crippen molar-refractivity contribution in [1.82, 2.24) is 15.3 Å². The largest absolute Gasteiger partial charge is 0.393 e. The van der Waals surface area contributed by atoms with Gasteiger partial charge in [0, 0.05) is 24.6 Å². The summed E-state index contributed by atoms with van der Waals surface area (Å²) in [6.45, 7) is 6.89. The number of nitrogens with zero attached hydrogens (tertiary/aromatic N) is 2. The highest BCUT2D eigenvalue weighted by atomic mass is 16.3. The van der Waals surface area contributed by atoms with Crippen LogP contribution in [-0.2, 0) is 0 Å². The predicted octanol–water partition coefficient (Wildman–Crippen LogP) is 1.53. The maximum atomic E-state index is 9.64. The van der Waals surface area contributed by atoms with Crippen LogP contribution in [0.2, 0.25) is 0 Å². The van der Waals surface area contributed by atoms with Crippen molar-refractivity contribution in [2.45, 2.75) is 39.3 Å². The number of rotatable bonds is 6. The summed E-state index contributed by atoms with van der Waals surface area (Å²) in [5, 5.41) is 13.0. The van der Waals surface area contributed by atoms with Gasteiger partial charge in [-0.15, -0.1) is 0 Å². The van der Waals surface area contributed by atoms with E-state index in [1.165, 1.54) is 0 Å². The Kier molecular flexibility index (Phi) is 5.35. The monoisotopic (exact) mass is 223 g/mol. The molecule has 0 radical (unpaired) electrons. The van der Waals surface area contributed by atoms with Gasteiger partial charge in [0.2, 0.25) is 0 Å². The molecule has 0 aliphatic rings. The number of aromatic nitrogens is 2. The van der Waals surface area contributed by atoms with E-state index < -0.39 is 0 Å². The van der Waals surface area contributed by atoms with Gasteiger partial charge in [0.1, 0.15) is 0 Å². The van der Waals surface area contributed by atoms with Crippen molar-refractivity contribution in [1.29, 1.82) is 0 Å². The second kappa shape index (κ2) is 6.55. The van der Waals surface area contributed by atoms with E-state index in [1.807, 2.05) is 20.8 Å². The van der Waals surface area contributed by atoms with Gasteiger partial charge in [-0.1, -0.05) is 13.8 Å². The molecule has 0 aromatic carbocycles. The Morgan fingerprint density at radius 1 is 1.31 bits per heavy atom. The third kappa shape index (κ3) is 4.24. The molecule has 2 N–H and O–H groups in total. The Morgan fingerprint density at radius 3 is 2.62 bits per heavy atom. The Balaban J connectivity index is 2.28. The molecule has 4 nitrogen and oxygen atoms in total. The molecule has 90 valence electrons. The third-order valence-corrected chi connectivity index (χ3v) is 2.69. The van der Waals surface area contributed by atoms with Crippen LogP contribution in [0.5, 0.6) is 0 Å². The van der Waals surface area contributed by atoms with Crippen molar-refractivity contribution in [2.75, 3.05) is 6.54 Å². The van der Waals surface area contributed by atoms with E-state index in [9.17, 15) is 5.11 Å². The van der Waals surface area contributed by atoms with Crippen LogP contribution in [-0.4, -0.2) is 27.7 Å². The van der Waals surface area contributed by atoms with Gasteiger partial charge >= 0.3 is 0 Å². The molecule has 0 aliphatic heterocycles. The topological polar surface area (TPSA) is 58.0 Å². The van der Waals surface area contributed by atoms with Gasteiger partial charge in [-0.2, -0.15) is 0 Å². The minimum absolute atomic E-state index is 0.174. The molecular weight excluding hydrogens is 202 g/mol. The first-order valence-electron chi connectivity index (χ1n) is 5.78. The van der Waals surface area contributed by atoms with E-state index in [1.54, 1.807) is 18.6 Å². The van der Waals surface area contributed by atoms with Gasteiger partial charge in [-0.25, -0.2) is 0 Å². The van der Waals surface area contributed by atoms with Crippen LogP contribution < -0.4 is 5.32 Å². The molecule has 2 unspecified atom stereocenters. The van der Waals surface area contributed by atoms with Gasteiger partial charge in [0.05, 0.1) is 11.8 Å². The Hall–Kier alpha value is -1.00. The minimum Gasteiger partial charge on any atom is -0.393 e. The molecule has 1 aromatic rings. The van der Waals surface area contributed by atoms with E-state index in [-0.39, 0.29) is 12.1 Å². The van der Waals surface area contributed by atoms with Crippen LogP contribution in [0.15, 0.2) is 18.6 Å². The predicted molar refractivity (Wildman–Crippen MR) is 63.9 cm³/mol. The summed E-state index contributed by atoms with van der Waals surface area (Å²) in [7, 11) is 0. The van der Waals surface area contributed by atoms with Gasteiger partial charge in [0.25, 0.3) is 0 Å². The normalized spacial score (nSPS) is 15.1. The van der Waals surface area contributed by atoms with E-state index in [4.69, 9.17) is 0 Å². The lowest BCUT2D eigenvalue weighted by Crippen LogP contribution is -2.26. The lowest BCUT2D eigenvalue weighted by Gasteiger charge is -2.17. The summed E-state index contributed by atoms with van der Waals surface area (Å²) in [4.78, 5) is 8.25. The first-order valence-corrected chi connectivity index (χ1v) is 5.78. The number of aliphatic hydroxyl groups is 1. The number of hydrogen-bond donors (Lipinski definition) is 2. The number of nitrogens with one attached hydrogen (secondary N) is 1. The minimum atomic E-state index is -0.235. The van der Waals surface area contributed by atoms with Crippen molar-refractivity contribution >= 4 is 0 Å². The van der Waals surface area contributed by atoms with Gasteiger partial charge in [-0.05, 0) is 25.8 Å². The molecule has 0 saturated carbocycles. The van der Waals surface area contributed by atoms with Crippen LogP contribution in [0.4, 0.5) is 0 Å². The lowest BCUT2D eigenvalue weighted by molar-refractivity contribution is 0.115. The fourth-order valence-electron chi connectivity index (χ4n) is 1.42. The first-order chi connectivity index (χ1) is 7.61. The molecule has 1 heterocycles. The van der Waals surface area contributed by atoms with Crippen LogP contribution in [0.3, 0.4) is 0 Å². The second-order valence-corrected chi connectivity index (χ2v) is 4.41. The molecular formula is C12H21N3O. The molecule has 1 aromatic heterocycles. The third-order valence-electron chi connectivity index (χ3n) is 2.69. The Labute approximate surface area is 97.1 Å². The first kappa shape index (κ1) is 13.1. The average molecular weight is 223 g/mol. The fourth-order valence-corrected chi connectivity index (χ4v) is 1.42. The number of hydrogen-bond acceptors (Lipinski definition) is 4. The average Bonchev–Trinajstić information content (AvgIpc) is 2.29. The Morgan fingerprint density at radius 2 is 2.06 bits per heavy atom. The van der Waals surface area contributed by atoms with Gasteiger partial charge in [-0.3, -0.25) is 9.97 Å². The molecule has 0 aliphatic carbocycles. The SMILES string of the molecule is CC(NCCC(O)C(C)C)c1cnccn1. The highest BCUT2D eigenvalue weighted by Crippen LogP contribution is 2.08. The van der Waals surface area contributed by atoms with Crippen molar-refractivity contribution in [3.8, 4) is 0 Å². The van der Waals surface area contributed by atoms with Crippen LogP contribution in [0.25, 0.3) is 0 Å². The maximum Gasteiger partial charge on any atom is 0.0753 e. The summed E-state index contributed by atoms with van der Waals surface area (Å²) < 4.78 is 0. The molecule has 2 atom stereocenters. The van der Waals surface area contributed by atoms with E-state index >= 15 is 0 Å². The zero-order chi connectivity index (χ0) is 12.0. The van der Waals surface area contributed by atoms with E-state index in [2.05, 4.69) is 15.3 Å². The second-order valence-electron chi connectivity index (χ2n) is 4.41.